The van der Waals surface area contributed by atoms with Crippen molar-refractivity contribution >= 4 is 5.91 Å². The molecule has 2 aromatic rings. The SMILES string of the molecule is CC(=O)N1CCC[C@@H]1[C@@H]1CCCN1Cc1cnn(-c2ccccc2)n1. The summed E-state index contributed by atoms with van der Waals surface area (Å²) < 4.78 is 0. The van der Waals surface area contributed by atoms with Gasteiger partial charge in [0.1, 0.15) is 0 Å². The molecular formula is C19H25N5O. The van der Waals surface area contributed by atoms with Crippen LogP contribution in [0.2, 0.25) is 0 Å². The number of hydrogen-bond acceptors (Lipinski definition) is 4. The molecule has 0 saturated carbocycles. The number of para-hydroxylation sites is 1. The smallest absolute Gasteiger partial charge is 0.219 e. The third-order valence-electron chi connectivity index (χ3n) is 5.45. The van der Waals surface area contributed by atoms with E-state index in [4.69, 9.17) is 0 Å². The van der Waals surface area contributed by atoms with Crippen molar-refractivity contribution in [1.82, 2.24) is 24.8 Å². The van der Waals surface area contributed by atoms with E-state index in [9.17, 15) is 4.79 Å². The summed E-state index contributed by atoms with van der Waals surface area (Å²) in [5, 5.41) is 9.05. The number of likely N-dealkylation sites (tertiary alicyclic amines) is 2. The molecule has 2 atom stereocenters. The Morgan fingerprint density at radius 3 is 2.68 bits per heavy atom. The predicted molar refractivity (Wildman–Crippen MR) is 95.2 cm³/mol. The Labute approximate surface area is 148 Å². The van der Waals surface area contributed by atoms with Gasteiger partial charge in [-0.3, -0.25) is 9.69 Å². The number of benzene rings is 1. The molecule has 0 aliphatic carbocycles. The average Bonchev–Trinajstić information content (AvgIpc) is 3.36. The first-order valence-electron chi connectivity index (χ1n) is 9.20. The monoisotopic (exact) mass is 339 g/mol. The van der Waals surface area contributed by atoms with Gasteiger partial charge in [-0.25, -0.2) is 0 Å². The number of carbonyl (C=O) groups is 1. The van der Waals surface area contributed by atoms with Crippen molar-refractivity contribution in [3.8, 4) is 5.69 Å². The van der Waals surface area contributed by atoms with Crippen LogP contribution >= 0.6 is 0 Å². The Balaban J connectivity index is 1.47. The van der Waals surface area contributed by atoms with Crippen molar-refractivity contribution in [1.29, 1.82) is 0 Å². The fourth-order valence-electron chi connectivity index (χ4n) is 4.33. The first kappa shape index (κ1) is 16.3. The van der Waals surface area contributed by atoms with Crippen LogP contribution in [0.25, 0.3) is 5.69 Å². The quantitative estimate of drug-likeness (QED) is 0.857. The molecule has 6 nitrogen and oxygen atoms in total. The van der Waals surface area contributed by atoms with Crippen molar-refractivity contribution in [2.75, 3.05) is 13.1 Å². The largest absolute Gasteiger partial charge is 0.338 e. The van der Waals surface area contributed by atoms with E-state index in [1.807, 2.05) is 36.5 Å². The second kappa shape index (κ2) is 6.96. The van der Waals surface area contributed by atoms with Crippen LogP contribution < -0.4 is 0 Å². The fraction of sp³-hybridized carbons (Fsp3) is 0.526. The molecule has 2 aliphatic heterocycles. The molecule has 0 radical (unpaired) electrons. The molecule has 1 aromatic carbocycles. The molecule has 25 heavy (non-hydrogen) atoms. The van der Waals surface area contributed by atoms with E-state index in [1.54, 1.807) is 11.7 Å². The minimum absolute atomic E-state index is 0.212. The molecule has 3 heterocycles. The summed E-state index contributed by atoms with van der Waals surface area (Å²) in [5.41, 5.74) is 1.97. The van der Waals surface area contributed by atoms with Gasteiger partial charge in [0.15, 0.2) is 0 Å². The Morgan fingerprint density at radius 1 is 1.12 bits per heavy atom. The minimum atomic E-state index is 0.212. The van der Waals surface area contributed by atoms with Gasteiger partial charge in [0.25, 0.3) is 0 Å². The molecule has 6 heteroatoms. The Kier molecular flexibility index (Phi) is 4.53. The first-order chi connectivity index (χ1) is 12.2. The molecule has 0 unspecified atom stereocenters. The topological polar surface area (TPSA) is 54.3 Å². The minimum Gasteiger partial charge on any atom is -0.338 e. The Morgan fingerprint density at radius 2 is 1.88 bits per heavy atom. The molecule has 0 bridgehead atoms. The maximum atomic E-state index is 11.9. The van der Waals surface area contributed by atoms with Crippen LogP contribution in [0, 0.1) is 0 Å². The van der Waals surface area contributed by atoms with Crippen LogP contribution in [-0.4, -0.2) is 55.9 Å². The summed E-state index contributed by atoms with van der Waals surface area (Å²) in [6, 6.07) is 10.8. The lowest BCUT2D eigenvalue weighted by atomic mass is 10.0. The zero-order valence-electron chi connectivity index (χ0n) is 14.7. The van der Waals surface area contributed by atoms with Crippen LogP contribution in [0.4, 0.5) is 0 Å². The van der Waals surface area contributed by atoms with E-state index in [2.05, 4.69) is 20.0 Å². The van der Waals surface area contributed by atoms with Crippen molar-refractivity contribution in [2.45, 2.75) is 51.2 Å². The van der Waals surface area contributed by atoms with E-state index in [-0.39, 0.29) is 5.91 Å². The van der Waals surface area contributed by atoms with Crippen LogP contribution in [-0.2, 0) is 11.3 Å². The van der Waals surface area contributed by atoms with Gasteiger partial charge >= 0.3 is 0 Å². The van der Waals surface area contributed by atoms with Gasteiger partial charge in [-0.15, -0.1) is 0 Å². The van der Waals surface area contributed by atoms with Crippen LogP contribution in [0.3, 0.4) is 0 Å². The Bertz CT molecular complexity index is 728. The summed E-state index contributed by atoms with van der Waals surface area (Å²) in [7, 11) is 0. The standard InChI is InChI=1S/C19H25N5O/c1-15(25)23-12-6-10-19(23)18-9-5-11-22(18)14-16-13-20-24(21-16)17-7-3-2-4-8-17/h2-4,7-8,13,18-19H,5-6,9-12,14H2,1H3/t18-,19+/m0/s1. The molecular weight excluding hydrogens is 314 g/mol. The zero-order valence-corrected chi connectivity index (χ0v) is 14.7. The maximum absolute atomic E-state index is 11.9. The second-order valence-corrected chi connectivity index (χ2v) is 7.06. The highest BCUT2D eigenvalue weighted by Gasteiger charge is 2.38. The van der Waals surface area contributed by atoms with Crippen molar-refractivity contribution in [3.05, 3.63) is 42.2 Å². The molecule has 4 rings (SSSR count). The number of nitrogens with zero attached hydrogens (tertiary/aromatic N) is 5. The second-order valence-electron chi connectivity index (χ2n) is 7.06. The lowest BCUT2D eigenvalue weighted by molar-refractivity contribution is -0.130. The van der Waals surface area contributed by atoms with Gasteiger partial charge in [0, 0.05) is 32.1 Å². The normalized spacial score (nSPS) is 24.1. The van der Waals surface area contributed by atoms with Crippen LogP contribution in [0.15, 0.2) is 36.5 Å². The van der Waals surface area contributed by atoms with Crippen molar-refractivity contribution in [3.63, 3.8) is 0 Å². The lowest BCUT2D eigenvalue weighted by Crippen LogP contribution is -2.47. The third kappa shape index (κ3) is 3.31. The highest BCUT2D eigenvalue weighted by Crippen LogP contribution is 2.30. The summed E-state index contributed by atoms with van der Waals surface area (Å²) in [6.07, 6.45) is 6.47. The predicted octanol–water partition coefficient (Wildman–Crippen LogP) is 2.24. The Hall–Kier alpha value is -2.21. The molecule has 0 spiro atoms. The van der Waals surface area contributed by atoms with Gasteiger partial charge in [-0.1, -0.05) is 18.2 Å². The summed E-state index contributed by atoms with van der Waals surface area (Å²) >= 11 is 0. The van der Waals surface area contributed by atoms with E-state index in [1.165, 1.54) is 12.8 Å². The molecule has 2 fully saturated rings. The first-order valence-corrected chi connectivity index (χ1v) is 9.20. The van der Waals surface area contributed by atoms with Gasteiger partial charge < -0.3 is 4.90 Å². The summed E-state index contributed by atoms with van der Waals surface area (Å²) in [6.45, 7) is 4.49. The average molecular weight is 339 g/mol. The van der Waals surface area contributed by atoms with Crippen LogP contribution in [0.1, 0.15) is 38.3 Å². The maximum Gasteiger partial charge on any atom is 0.219 e. The van der Waals surface area contributed by atoms with Gasteiger partial charge in [0.2, 0.25) is 5.91 Å². The van der Waals surface area contributed by atoms with Gasteiger partial charge in [0.05, 0.1) is 17.6 Å². The number of hydrogen-bond donors (Lipinski definition) is 0. The van der Waals surface area contributed by atoms with Gasteiger partial charge in [-0.05, 0) is 44.4 Å². The molecule has 2 aliphatic rings. The van der Waals surface area contributed by atoms with E-state index in [0.29, 0.717) is 12.1 Å². The number of rotatable bonds is 4. The lowest BCUT2D eigenvalue weighted by Gasteiger charge is -2.34. The summed E-state index contributed by atoms with van der Waals surface area (Å²) in [4.78, 5) is 18.2. The van der Waals surface area contributed by atoms with Crippen LogP contribution in [0.5, 0.6) is 0 Å². The van der Waals surface area contributed by atoms with Crippen molar-refractivity contribution < 1.29 is 4.79 Å². The zero-order chi connectivity index (χ0) is 17.2. The highest BCUT2D eigenvalue weighted by molar-refractivity contribution is 5.74. The van der Waals surface area contributed by atoms with Gasteiger partial charge in [-0.2, -0.15) is 15.0 Å². The number of carbonyl (C=O) groups excluding carboxylic acids is 1. The van der Waals surface area contributed by atoms with E-state index in [0.717, 1.165) is 43.9 Å². The van der Waals surface area contributed by atoms with Crippen molar-refractivity contribution in [2.24, 2.45) is 0 Å². The molecule has 0 N–H and O–H groups in total. The third-order valence-corrected chi connectivity index (χ3v) is 5.45. The molecule has 132 valence electrons. The molecule has 2 saturated heterocycles. The number of amides is 1. The summed E-state index contributed by atoms with van der Waals surface area (Å²) in [5.74, 6) is 0.212. The van der Waals surface area contributed by atoms with E-state index >= 15 is 0 Å². The molecule has 1 amide bonds. The highest BCUT2D eigenvalue weighted by atomic mass is 16.2. The fourth-order valence-corrected chi connectivity index (χ4v) is 4.33. The van der Waals surface area contributed by atoms with E-state index < -0.39 is 0 Å². The molecule has 1 aromatic heterocycles. The number of aromatic nitrogens is 3.